The van der Waals surface area contributed by atoms with Crippen LogP contribution in [0.4, 0.5) is 0 Å². The minimum atomic E-state index is -3.28. The van der Waals surface area contributed by atoms with E-state index in [0.29, 0.717) is 6.42 Å². The third-order valence-corrected chi connectivity index (χ3v) is 7.13. The van der Waals surface area contributed by atoms with Crippen LogP contribution in [-0.2, 0) is 18.4 Å². The molecule has 0 spiro atoms. The number of hydrogen-bond donors (Lipinski definition) is 0. The predicted octanol–water partition coefficient (Wildman–Crippen LogP) is 4.15. The summed E-state index contributed by atoms with van der Waals surface area (Å²) in [5.74, 6) is 0.112. The van der Waals surface area contributed by atoms with Crippen molar-refractivity contribution in [2.24, 2.45) is 5.92 Å². The Hall–Kier alpha value is -0.441. The van der Waals surface area contributed by atoms with E-state index < -0.39 is 7.60 Å². The molecule has 0 heterocycles. The Labute approximate surface area is 147 Å². The van der Waals surface area contributed by atoms with Gasteiger partial charge in [-0.05, 0) is 0 Å². The molecule has 1 rings (SSSR count). The van der Waals surface area contributed by atoms with Gasteiger partial charge < -0.3 is 0 Å². The number of carbonyl (C=O) groups excluding carboxylic acids is 1. The van der Waals surface area contributed by atoms with Crippen molar-refractivity contribution in [3.8, 4) is 0 Å². The number of Topliss-reactive ketones (excluding diaryl/α,β-unsaturated/α-hetero) is 1. The van der Waals surface area contributed by atoms with Crippen LogP contribution in [0.2, 0.25) is 0 Å². The summed E-state index contributed by atoms with van der Waals surface area (Å²) in [5, 5.41) is 0. The molecule has 2 atom stereocenters. The van der Waals surface area contributed by atoms with Crippen LogP contribution in [0.15, 0.2) is 30.3 Å². The van der Waals surface area contributed by atoms with Gasteiger partial charge in [-0.3, -0.25) is 0 Å². The molecule has 6 heteroatoms. The first kappa shape index (κ1) is 20.6. The Kier molecular flexibility index (Phi) is 9.34. The fourth-order valence-electron chi connectivity index (χ4n) is 2.52. The summed E-state index contributed by atoms with van der Waals surface area (Å²) < 4.78 is 21.9. The molecule has 0 fully saturated rings. The molecular weight excluding hydrogens is 378 g/mol. The predicted molar refractivity (Wildman–Crippen MR) is 94.1 cm³/mol. The molecule has 4 nitrogen and oxygen atoms in total. The second kappa shape index (κ2) is 10.4. The Morgan fingerprint density at radius 3 is 2.35 bits per heavy atom. The van der Waals surface area contributed by atoms with E-state index in [-0.39, 0.29) is 22.7 Å². The van der Waals surface area contributed by atoms with Gasteiger partial charge in [-0.25, -0.2) is 0 Å². The van der Waals surface area contributed by atoms with Crippen LogP contribution in [0.5, 0.6) is 0 Å². The van der Waals surface area contributed by atoms with Gasteiger partial charge in [0.1, 0.15) is 0 Å². The van der Waals surface area contributed by atoms with E-state index in [1.807, 2.05) is 18.2 Å². The Morgan fingerprint density at radius 2 is 1.83 bits per heavy atom. The maximum absolute atomic E-state index is 12.3. The molecule has 2 unspecified atom stereocenters. The van der Waals surface area contributed by atoms with Crippen molar-refractivity contribution >= 4 is 29.4 Å². The van der Waals surface area contributed by atoms with Gasteiger partial charge in [0.15, 0.2) is 0 Å². The minimum absolute atomic E-state index is 0.0747. The molecule has 0 N–H and O–H groups in total. The van der Waals surface area contributed by atoms with Gasteiger partial charge in [-0.15, -0.1) is 0 Å². The topological polar surface area (TPSA) is 52.6 Å². The summed E-state index contributed by atoms with van der Waals surface area (Å²) >= 11 is 3.21. The quantitative estimate of drug-likeness (QED) is 0.411. The molecule has 0 aliphatic heterocycles. The summed E-state index contributed by atoms with van der Waals surface area (Å²) in [5.41, 5.74) is 1.18. The van der Waals surface area contributed by atoms with Crippen molar-refractivity contribution in [1.82, 2.24) is 0 Å². The number of hydrogen-bond acceptors (Lipinski definition) is 4. The van der Waals surface area contributed by atoms with Crippen LogP contribution < -0.4 is 0 Å². The molecule has 0 aromatic heterocycles. The van der Waals surface area contributed by atoms with Crippen LogP contribution in [0.1, 0.15) is 43.0 Å². The van der Waals surface area contributed by atoms with Crippen LogP contribution >= 0.6 is 7.60 Å². The van der Waals surface area contributed by atoms with Gasteiger partial charge in [-0.1, -0.05) is 0 Å². The van der Waals surface area contributed by atoms with Crippen molar-refractivity contribution in [2.45, 2.75) is 37.4 Å². The Balaban J connectivity index is 2.78. The number of unbranched alkanes of at least 4 members (excludes halogenated alkanes) is 1. The molecule has 1 aromatic rings. The molecule has 1 radical (unpaired) electrons. The fraction of sp³-hybridized carbons (Fsp3) is 0.588. The van der Waals surface area contributed by atoms with E-state index in [9.17, 15) is 9.36 Å². The molecule has 0 saturated heterocycles. The SMILES string of the molecule is CCCCC(CC(=O)CP(=O)(OC)OC)C([Se])c1ccccc1. The van der Waals surface area contributed by atoms with E-state index in [2.05, 4.69) is 35.1 Å². The standard InChI is InChI=1S/C17H26O4PSe/c1-4-5-9-15(17(23)14-10-7-6-8-11-14)12-16(18)13-22(19,20-2)21-3/h6-8,10-11,15,17H,4-5,9,12-13H2,1-3H3. The third kappa shape index (κ3) is 6.91. The molecular formula is C17H26O4PSe. The average Bonchev–Trinajstić information content (AvgIpc) is 2.58. The zero-order valence-electron chi connectivity index (χ0n) is 14.1. The number of ketones is 1. The number of carbonyl (C=O) groups is 1. The van der Waals surface area contributed by atoms with Gasteiger partial charge >= 0.3 is 147 Å². The zero-order valence-corrected chi connectivity index (χ0v) is 16.7. The van der Waals surface area contributed by atoms with E-state index in [1.165, 1.54) is 19.8 Å². The first-order valence-corrected chi connectivity index (χ1v) is 10.6. The number of benzene rings is 1. The first-order chi connectivity index (χ1) is 11.0. The summed E-state index contributed by atoms with van der Waals surface area (Å²) in [7, 11) is -0.657. The van der Waals surface area contributed by atoms with Gasteiger partial charge in [0.05, 0.1) is 0 Å². The van der Waals surface area contributed by atoms with E-state index in [1.54, 1.807) is 0 Å². The van der Waals surface area contributed by atoms with Crippen LogP contribution in [0.25, 0.3) is 0 Å². The third-order valence-electron chi connectivity index (χ3n) is 3.90. The molecule has 23 heavy (non-hydrogen) atoms. The average molecular weight is 404 g/mol. The van der Waals surface area contributed by atoms with Gasteiger partial charge in [-0.2, -0.15) is 0 Å². The normalized spacial score (nSPS) is 14.4. The van der Waals surface area contributed by atoms with Crippen molar-refractivity contribution in [3.63, 3.8) is 0 Å². The van der Waals surface area contributed by atoms with Crippen molar-refractivity contribution in [1.29, 1.82) is 0 Å². The summed E-state index contributed by atoms with van der Waals surface area (Å²) in [6.07, 6.45) is 3.32. The van der Waals surface area contributed by atoms with Crippen molar-refractivity contribution in [3.05, 3.63) is 35.9 Å². The van der Waals surface area contributed by atoms with Crippen molar-refractivity contribution < 1.29 is 18.4 Å². The van der Waals surface area contributed by atoms with Gasteiger partial charge in [0.2, 0.25) is 0 Å². The second-order valence-electron chi connectivity index (χ2n) is 5.61. The fourth-order valence-corrected chi connectivity index (χ4v) is 4.30. The first-order valence-electron chi connectivity index (χ1n) is 7.88. The summed E-state index contributed by atoms with van der Waals surface area (Å²) in [4.78, 5) is 12.5. The molecule has 0 aliphatic rings. The van der Waals surface area contributed by atoms with Crippen LogP contribution in [-0.4, -0.2) is 42.2 Å². The number of rotatable bonds is 11. The molecule has 1 aromatic carbocycles. The Morgan fingerprint density at radius 1 is 1.22 bits per heavy atom. The van der Waals surface area contributed by atoms with E-state index in [4.69, 9.17) is 9.05 Å². The van der Waals surface area contributed by atoms with Crippen LogP contribution in [0, 0.1) is 5.92 Å². The zero-order chi connectivity index (χ0) is 17.3. The molecule has 0 aliphatic carbocycles. The van der Waals surface area contributed by atoms with Crippen LogP contribution in [0.3, 0.4) is 0 Å². The van der Waals surface area contributed by atoms with Gasteiger partial charge in [0.25, 0.3) is 0 Å². The van der Waals surface area contributed by atoms with Crippen molar-refractivity contribution in [2.75, 3.05) is 20.4 Å². The van der Waals surface area contributed by atoms with E-state index >= 15 is 0 Å². The Bertz CT molecular complexity index is 513. The molecule has 0 amide bonds. The maximum atomic E-state index is 12.3. The molecule has 0 saturated carbocycles. The molecule has 129 valence electrons. The summed E-state index contributed by atoms with van der Waals surface area (Å²) in [6.45, 7) is 2.14. The second-order valence-corrected chi connectivity index (χ2v) is 8.94. The molecule has 0 bridgehead atoms. The van der Waals surface area contributed by atoms with E-state index in [0.717, 1.165) is 19.3 Å². The van der Waals surface area contributed by atoms with Gasteiger partial charge in [0, 0.05) is 0 Å². The summed E-state index contributed by atoms with van der Waals surface area (Å²) in [6, 6.07) is 10.1. The monoisotopic (exact) mass is 405 g/mol.